The standard InChI is InChI=1S/C26H21F3N4OS/c1-3-13-25(2)23(34)32(20-14-21(26(27,28)29)22(15-30)31-16-20)24(35)33(25)19-11-9-18(10-12-19)17-7-5-4-6-8-17/h4-12,14,16H,3,13H2,1-2H3. The Morgan fingerprint density at radius 2 is 1.69 bits per heavy atom. The van der Waals surface area contributed by atoms with Crippen molar-refractivity contribution in [2.75, 3.05) is 9.80 Å². The number of carbonyl (C=O) groups excluding carboxylic acids is 1. The highest BCUT2D eigenvalue weighted by Crippen LogP contribution is 2.41. The highest BCUT2D eigenvalue weighted by Gasteiger charge is 2.53. The maximum atomic E-state index is 13.6. The Labute approximate surface area is 206 Å². The number of hydrogen-bond acceptors (Lipinski definition) is 4. The Balaban J connectivity index is 1.78. The molecule has 4 rings (SSSR count). The summed E-state index contributed by atoms with van der Waals surface area (Å²) in [7, 11) is 0. The molecule has 0 radical (unpaired) electrons. The van der Waals surface area contributed by atoms with Gasteiger partial charge >= 0.3 is 6.18 Å². The molecule has 2 aromatic carbocycles. The average Bonchev–Trinajstić information content (AvgIpc) is 3.03. The fourth-order valence-electron chi connectivity index (χ4n) is 4.38. The second kappa shape index (κ2) is 9.12. The summed E-state index contributed by atoms with van der Waals surface area (Å²) in [6.07, 6.45) is -2.65. The van der Waals surface area contributed by atoms with Crippen LogP contribution >= 0.6 is 12.2 Å². The van der Waals surface area contributed by atoms with Crippen molar-refractivity contribution >= 4 is 34.6 Å². The minimum absolute atomic E-state index is 0.0537. The van der Waals surface area contributed by atoms with Crippen LogP contribution in [0.25, 0.3) is 11.1 Å². The Bertz CT molecular complexity index is 1320. The van der Waals surface area contributed by atoms with E-state index in [1.807, 2.05) is 61.5 Å². The summed E-state index contributed by atoms with van der Waals surface area (Å²) >= 11 is 5.65. The normalized spacial score (nSPS) is 18.2. The molecule has 2 heterocycles. The number of aromatic nitrogens is 1. The van der Waals surface area contributed by atoms with Gasteiger partial charge in [0.05, 0.1) is 17.4 Å². The maximum absolute atomic E-state index is 13.6. The topological polar surface area (TPSA) is 60.2 Å². The van der Waals surface area contributed by atoms with E-state index >= 15 is 0 Å². The lowest BCUT2D eigenvalue weighted by molar-refractivity contribution is -0.138. The molecule has 0 N–H and O–H groups in total. The third kappa shape index (κ3) is 4.26. The SMILES string of the molecule is CCCC1(C)C(=O)N(c2cnc(C#N)c(C(F)(F)F)c2)C(=S)N1c1ccc(-c2ccccc2)cc1. The number of nitriles is 1. The van der Waals surface area contributed by atoms with Crippen molar-refractivity contribution in [1.82, 2.24) is 4.98 Å². The van der Waals surface area contributed by atoms with Gasteiger partial charge in [-0.15, -0.1) is 0 Å². The molecule has 1 saturated heterocycles. The van der Waals surface area contributed by atoms with Gasteiger partial charge in [-0.3, -0.25) is 9.69 Å². The first-order chi connectivity index (χ1) is 16.6. The second-order valence-corrected chi connectivity index (χ2v) is 8.76. The zero-order chi connectivity index (χ0) is 25.4. The fourth-order valence-corrected chi connectivity index (χ4v) is 4.87. The van der Waals surface area contributed by atoms with Gasteiger partial charge in [0.2, 0.25) is 0 Å². The number of thiocarbonyl (C=S) groups is 1. The molecule has 0 bridgehead atoms. The van der Waals surface area contributed by atoms with Gasteiger partial charge < -0.3 is 4.90 Å². The van der Waals surface area contributed by atoms with E-state index in [0.717, 1.165) is 28.3 Å². The number of hydrogen-bond donors (Lipinski definition) is 0. The number of anilines is 2. The van der Waals surface area contributed by atoms with Crippen LogP contribution in [0.15, 0.2) is 66.9 Å². The van der Waals surface area contributed by atoms with Crippen LogP contribution in [0.5, 0.6) is 0 Å². The van der Waals surface area contributed by atoms with E-state index < -0.39 is 28.9 Å². The molecule has 1 unspecified atom stereocenters. The molecule has 3 aromatic rings. The van der Waals surface area contributed by atoms with E-state index in [4.69, 9.17) is 17.5 Å². The Morgan fingerprint density at radius 3 is 2.26 bits per heavy atom. The van der Waals surface area contributed by atoms with Crippen LogP contribution in [0.4, 0.5) is 24.5 Å². The molecule has 0 aliphatic carbocycles. The number of alkyl halides is 3. The van der Waals surface area contributed by atoms with Crippen LogP contribution in [-0.2, 0) is 11.0 Å². The lowest BCUT2D eigenvalue weighted by Gasteiger charge is -2.33. The summed E-state index contributed by atoms with van der Waals surface area (Å²) < 4.78 is 40.7. The molecule has 1 aromatic heterocycles. The summed E-state index contributed by atoms with van der Waals surface area (Å²) in [6.45, 7) is 3.66. The first kappa shape index (κ1) is 24.4. The fraction of sp³-hybridized carbons (Fsp3) is 0.231. The Hall–Kier alpha value is -3.77. The first-order valence-electron chi connectivity index (χ1n) is 10.9. The predicted molar refractivity (Wildman–Crippen MR) is 132 cm³/mol. The van der Waals surface area contributed by atoms with E-state index in [0.29, 0.717) is 18.5 Å². The van der Waals surface area contributed by atoms with E-state index in [2.05, 4.69) is 4.98 Å². The molecular weight excluding hydrogens is 473 g/mol. The van der Waals surface area contributed by atoms with E-state index in [1.54, 1.807) is 11.8 Å². The van der Waals surface area contributed by atoms with Gasteiger partial charge in [0.25, 0.3) is 5.91 Å². The number of halogens is 3. The van der Waals surface area contributed by atoms with Crippen molar-refractivity contribution in [3.05, 3.63) is 78.1 Å². The number of carbonyl (C=O) groups is 1. The predicted octanol–water partition coefficient (Wildman–Crippen LogP) is 6.34. The van der Waals surface area contributed by atoms with Gasteiger partial charge in [-0.1, -0.05) is 55.8 Å². The lowest BCUT2D eigenvalue weighted by atomic mass is 9.93. The molecule has 35 heavy (non-hydrogen) atoms. The average molecular weight is 495 g/mol. The van der Waals surface area contributed by atoms with Crippen molar-refractivity contribution in [1.29, 1.82) is 5.26 Å². The highest BCUT2D eigenvalue weighted by atomic mass is 32.1. The van der Waals surface area contributed by atoms with Gasteiger partial charge in [-0.2, -0.15) is 18.4 Å². The van der Waals surface area contributed by atoms with Crippen LogP contribution in [0, 0.1) is 11.3 Å². The molecule has 1 amide bonds. The first-order valence-corrected chi connectivity index (χ1v) is 11.3. The molecule has 1 atom stereocenters. The highest BCUT2D eigenvalue weighted by molar-refractivity contribution is 7.81. The quantitative estimate of drug-likeness (QED) is 0.388. The zero-order valence-electron chi connectivity index (χ0n) is 19.0. The van der Waals surface area contributed by atoms with Crippen molar-refractivity contribution in [2.45, 2.75) is 38.4 Å². The molecule has 1 aliphatic rings. The van der Waals surface area contributed by atoms with Crippen LogP contribution in [-0.4, -0.2) is 21.5 Å². The van der Waals surface area contributed by atoms with Crippen LogP contribution in [0.3, 0.4) is 0 Å². The minimum Gasteiger partial charge on any atom is -0.303 e. The number of nitrogens with zero attached hydrogens (tertiary/aromatic N) is 4. The summed E-state index contributed by atoms with van der Waals surface area (Å²) in [4.78, 5) is 20.1. The number of amides is 1. The van der Waals surface area contributed by atoms with Gasteiger partial charge in [-0.05, 0) is 54.9 Å². The van der Waals surface area contributed by atoms with Gasteiger partial charge in [0.15, 0.2) is 10.8 Å². The minimum atomic E-state index is -4.81. The summed E-state index contributed by atoms with van der Waals surface area (Å²) in [5, 5.41) is 9.12. The summed E-state index contributed by atoms with van der Waals surface area (Å²) in [6, 6.07) is 19.5. The van der Waals surface area contributed by atoms with Crippen LogP contribution in [0.1, 0.15) is 37.9 Å². The van der Waals surface area contributed by atoms with Crippen molar-refractivity contribution in [2.24, 2.45) is 0 Å². The summed E-state index contributed by atoms with van der Waals surface area (Å²) in [5.41, 5.74) is -0.547. The Morgan fingerprint density at radius 1 is 1.06 bits per heavy atom. The second-order valence-electron chi connectivity index (χ2n) is 8.39. The largest absolute Gasteiger partial charge is 0.419 e. The number of pyridine rings is 1. The van der Waals surface area contributed by atoms with Crippen molar-refractivity contribution in [3.63, 3.8) is 0 Å². The monoisotopic (exact) mass is 494 g/mol. The number of rotatable bonds is 5. The number of benzene rings is 2. The van der Waals surface area contributed by atoms with Gasteiger partial charge in [-0.25, -0.2) is 4.98 Å². The van der Waals surface area contributed by atoms with E-state index in [9.17, 15) is 18.0 Å². The summed E-state index contributed by atoms with van der Waals surface area (Å²) in [5.74, 6) is -0.448. The molecular formula is C26H21F3N4OS. The molecule has 178 valence electrons. The van der Waals surface area contributed by atoms with Gasteiger partial charge in [0.1, 0.15) is 11.6 Å². The molecule has 0 spiro atoms. The van der Waals surface area contributed by atoms with Crippen LogP contribution in [0.2, 0.25) is 0 Å². The van der Waals surface area contributed by atoms with E-state index in [1.165, 1.54) is 6.07 Å². The van der Waals surface area contributed by atoms with Crippen molar-refractivity contribution in [3.8, 4) is 17.2 Å². The van der Waals surface area contributed by atoms with Gasteiger partial charge in [0, 0.05) is 5.69 Å². The zero-order valence-corrected chi connectivity index (χ0v) is 19.8. The maximum Gasteiger partial charge on any atom is 0.419 e. The molecule has 9 heteroatoms. The third-order valence-corrected chi connectivity index (χ3v) is 6.42. The third-order valence-electron chi connectivity index (χ3n) is 6.05. The van der Waals surface area contributed by atoms with Crippen molar-refractivity contribution < 1.29 is 18.0 Å². The smallest absolute Gasteiger partial charge is 0.303 e. The molecule has 1 fully saturated rings. The van der Waals surface area contributed by atoms with Crippen LogP contribution < -0.4 is 9.80 Å². The molecule has 0 saturated carbocycles. The molecule has 5 nitrogen and oxygen atoms in total. The Kier molecular flexibility index (Phi) is 6.34. The lowest BCUT2D eigenvalue weighted by Crippen LogP contribution is -2.47. The molecule has 1 aliphatic heterocycles. The van der Waals surface area contributed by atoms with E-state index in [-0.39, 0.29) is 10.8 Å².